The molecule has 1 aliphatic rings. The van der Waals surface area contributed by atoms with Gasteiger partial charge in [-0.1, -0.05) is 12.1 Å². The zero-order valence-corrected chi connectivity index (χ0v) is 13.4. The number of aryl methyl sites for hydroxylation is 2. The summed E-state index contributed by atoms with van der Waals surface area (Å²) in [6.07, 6.45) is 0. The largest absolute Gasteiger partial charge is 0.454 e. The summed E-state index contributed by atoms with van der Waals surface area (Å²) in [6, 6.07) is 12.1. The highest BCUT2D eigenvalue weighted by atomic mass is 32.1. The van der Waals surface area contributed by atoms with Crippen LogP contribution in [0.1, 0.15) is 16.7 Å². The maximum atomic E-state index is 5.37. The Bertz CT molecular complexity index is 716. The Kier molecular flexibility index (Phi) is 4.15. The second-order valence-electron chi connectivity index (χ2n) is 5.29. The van der Waals surface area contributed by atoms with Crippen molar-refractivity contribution in [2.75, 3.05) is 12.1 Å². The van der Waals surface area contributed by atoms with Crippen LogP contribution < -0.4 is 20.1 Å². The molecule has 0 amide bonds. The van der Waals surface area contributed by atoms with E-state index in [1.54, 1.807) is 0 Å². The Balaban J connectivity index is 1.57. The van der Waals surface area contributed by atoms with Crippen LogP contribution in [0.5, 0.6) is 11.5 Å². The van der Waals surface area contributed by atoms with Gasteiger partial charge in [0.05, 0.1) is 0 Å². The van der Waals surface area contributed by atoms with Crippen molar-refractivity contribution in [1.29, 1.82) is 0 Å². The first kappa shape index (κ1) is 14.7. The average molecular weight is 314 g/mol. The Morgan fingerprint density at radius 2 is 1.86 bits per heavy atom. The summed E-state index contributed by atoms with van der Waals surface area (Å²) in [5.41, 5.74) is 4.59. The molecule has 1 heterocycles. The van der Waals surface area contributed by atoms with Crippen molar-refractivity contribution >= 4 is 23.0 Å². The number of hydrogen-bond donors (Lipinski definition) is 2. The monoisotopic (exact) mass is 314 g/mol. The van der Waals surface area contributed by atoms with Crippen LogP contribution in [0, 0.1) is 13.8 Å². The molecule has 114 valence electrons. The van der Waals surface area contributed by atoms with Crippen molar-refractivity contribution < 1.29 is 9.47 Å². The molecule has 22 heavy (non-hydrogen) atoms. The minimum Gasteiger partial charge on any atom is -0.454 e. The van der Waals surface area contributed by atoms with E-state index in [1.165, 1.54) is 11.1 Å². The Hall–Kier alpha value is -2.27. The van der Waals surface area contributed by atoms with Gasteiger partial charge < -0.3 is 20.1 Å². The van der Waals surface area contributed by atoms with E-state index < -0.39 is 0 Å². The van der Waals surface area contributed by atoms with E-state index >= 15 is 0 Å². The van der Waals surface area contributed by atoms with E-state index in [4.69, 9.17) is 21.7 Å². The third-order valence-corrected chi connectivity index (χ3v) is 3.90. The zero-order valence-electron chi connectivity index (χ0n) is 12.6. The highest BCUT2D eigenvalue weighted by molar-refractivity contribution is 7.80. The van der Waals surface area contributed by atoms with Crippen LogP contribution >= 0.6 is 12.2 Å². The first-order valence-electron chi connectivity index (χ1n) is 7.12. The molecule has 1 aliphatic heterocycles. The van der Waals surface area contributed by atoms with Crippen molar-refractivity contribution in [2.45, 2.75) is 20.4 Å². The molecule has 0 radical (unpaired) electrons. The minimum atomic E-state index is 0.291. The molecule has 0 atom stereocenters. The van der Waals surface area contributed by atoms with Gasteiger partial charge in [0.25, 0.3) is 0 Å². The topological polar surface area (TPSA) is 42.5 Å². The van der Waals surface area contributed by atoms with Gasteiger partial charge in [-0.3, -0.25) is 0 Å². The van der Waals surface area contributed by atoms with Crippen LogP contribution in [0.25, 0.3) is 0 Å². The van der Waals surface area contributed by atoms with Crippen LogP contribution in [0.2, 0.25) is 0 Å². The van der Waals surface area contributed by atoms with Gasteiger partial charge in [-0.15, -0.1) is 0 Å². The van der Waals surface area contributed by atoms with Gasteiger partial charge in [-0.2, -0.15) is 0 Å². The molecule has 0 spiro atoms. The maximum absolute atomic E-state index is 5.37. The number of ether oxygens (including phenoxy) is 2. The smallest absolute Gasteiger partial charge is 0.231 e. The summed E-state index contributed by atoms with van der Waals surface area (Å²) in [5, 5.41) is 6.99. The predicted octanol–water partition coefficient (Wildman–Crippen LogP) is 3.52. The molecular weight excluding hydrogens is 296 g/mol. The summed E-state index contributed by atoms with van der Waals surface area (Å²) in [4.78, 5) is 0. The highest BCUT2D eigenvalue weighted by Gasteiger charge is 2.13. The number of benzene rings is 2. The van der Waals surface area contributed by atoms with Crippen LogP contribution in [-0.2, 0) is 6.54 Å². The lowest BCUT2D eigenvalue weighted by Crippen LogP contribution is -2.27. The third kappa shape index (κ3) is 3.31. The highest BCUT2D eigenvalue weighted by Crippen LogP contribution is 2.32. The summed E-state index contributed by atoms with van der Waals surface area (Å²) >= 11 is 5.33. The van der Waals surface area contributed by atoms with Gasteiger partial charge in [-0.25, -0.2) is 0 Å². The fraction of sp³-hybridized carbons (Fsp3) is 0.235. The summed E-state index contributed by atoms with van der Waals surface area (Å²) < 4.78 is 10.7. The van der Waals surface area contributed by atoms with Crippen molar-refractivity contribution in [3.8, 4) is 11.5 Å². The van der Waals surface area contributed by atoms with Crippen molar-refractivity contribution in [2.24, 2.45) is 0 Å². The second kappa shape index (κ2) is 6.23. The molecule has 5 heteroatoms. The van der Waals surface area contributed by atoms with Crippen LogP contribution in [-0.4, -0.2) is 11.9 Å². The van der Waals surface area contributed by atoms with Gasteiger partial charge in [0, 0.05) is 12.2 Å². The summed E-state index contributed by atoms with van der Waals surface area (Å²) in [5.74, 6) is 1.58. The lowest BCUT2D eigenvalue weighted by Gasteiger charge is -2.12. The van der Waals surface area contributed by atoms with Gasteiger partial charge in [-0.05, 0) is 67.0 Å². The molecule has 2 N–H and O–H groups in total. The normalized spacial score (nSPS) is 12.1. The number of fused-ring (bicyclic) bond motifs is 1. The van der Waals surface area contributed by atoms with E-state index in [1.807, 2.05) is 24.3 Å². The summed E-state index contributed by atoms with van der Waals surface area (Å²) in [6.45, 7) is 5.10. The van der Waals surface area contributed by atoms with Crippen LogP contribution in [0.4, 0.5) is 5.69 Å². The lowest BCUT2D eigenvalue weighted by molar-refractivity contribution is 0.174. The molecule has 3 rings (SSSR count). The molecular formula is C17H18N2O2S. The fourth-order valence-electron chi connectivity index (χ4n) is 2.23. The molecule has 2 aromatic carbocycles. The Morgan fingerprint density at radius 3 is 2.68 bits per heavy atom. The number of nitrogens with one attached hydrogen (secondary N) is 2. The number of hydrogen-bond acceptors (Lipinski definition) is 3. The van der Waals surface area contributed by atoms with Crippen molar-refractivity contribution in [3.05, 3.63) is 53.1 Å². The third-order valence-electron chi connectivity index (χ3n) is 3.65. The maximum Gasteiger partial charge on any atom is 0.231 e. The van der Waals surface area contributed by atoms with Gasteiger partial charge >= 0.3 is 0 Å². The van der Waals surface area contributed by atoms with E-state index in [0.29, 0.717) is 18.5 Å². The average Bonchev–Trinajstić information content (AvgIpc) is 2.96. The number of anilines is 1. The molecule has 0 aliphatic carbocycles. The van der Waals surface area contributed by atoms with E-state index in [9.17, 15) is 0 Å². The molecule has 0 bridgehead atoms. The molecule has 0 unspecified atom stereocenters. The number of thiocarbonyl (C=S) groups is 1. The quantitative estimate of drug-likeness (QED) is 0.849. The lowest BCUT2D eigenvalue weighted by atomic mass is 10.1. The van der Waals surface area contributed by atoms with Gasteiger partial charge in [0.1, 0.15) is 0 Å². The van der Waals surface area contributed by atoms with Crippen LogP contribution in [0.3, 0.4) is 0 Å². The predicted molar refractivity (Wildman–Crippen MR) is 91.5 cm³/mol. The fourth-order valence-corrected chi connectivity index (χ4v) is 2.42. The standard InChI is InChI=1S/C17H18N2O2S/c1-11-3-5-14(7-12(11)2)19-17(22)18-9-13-4-6-15-16(8-13)21-10-20-15/h3-8H,9-10H2,1-2H3,(H2,18,19,22). The van der Waals surface area contributed by atoms with Crippen molar-refractivity contribution in [1.82, 2.24) is 5.32 Å². The Labute approximate surface area is 135 Å². The van der Waals surface area contributed by atoms with E-state index in [-0.39, 0.29) is 0 Å². The van der Waals surface area contributed by atoms with Crippen LogP contribution in [0.15, 0.2) is 36.4 Å². The first-order valence-corrected chi connectivity index (χ1v) is 7.53. The van der Waals surface area contributed by atoms with E-state index in [0.717, 1.165) is 22.7 Å². The molecule has 4 nitrogen and oxygen atoms in total. The SMILES string of the molecule is Cc1ccc(NC(=S)NCc2ccc3c(c2)OCO3)cc1C. The van der Waals surface area contributed by atoms with Crippen molar-refractivity contribution in [3.63, 3.8) is 0 Å². The zero-order chi connectivity index (χ0) is 15.5. The second-order valence-corrected chi connectivity index (χ2v) is 5.70. The number of rotatable bonds is 3. The summed E-state index contributed by atoms with van der Waals surface area (Å²) in [7, 11) is 0. The molecule has 0 aromatic heterocycles. The molecule has 0 saturated carbocycles. The van der Waals surface area contributed by atoms with Gasteiger partial charge in [0.2, 0.25) is 6.79 Å². The minimum absolute atomic E-state index is 0.291. The van der Waals surface area contributed by atoms with E-state index in [2.05, 4.69) is 36.6 Å². The molecule has 0 saturated heterocycles. The Morgan fingerprint density at radius 1 is 1.05 bits per heavy atom. The molecule has 2 aromatic rings. The molecule has 0 fully saturated rings. The van der Waals surface area contributed by atoms with Gasteiger partial charge in [0.15, 0.2) is 16.6 Å². The first-order chi connectivity index (χ1) is 10.6.